The molecule has 0 fully saturated rings. The summed E-state index contributed by atoms with van der Waals surface area (Å²) in [7, 11) is -4.02. The second-order valence-electron chi connectivity index (χ2n) is 11.9. The van der Waals surface area contributed by atoms with Crippen LogP contribution >= 0.6 is 0 Å². The van der Waals surface area contributed by atoms with Crippen LogP contribution in [0.4, 0.5) is 5.69 Å². The zero-order valence-electron chi connectivity index (χ0n) is 23.4. The minimum absolute atomic E-state index is 0.0367. The molecule has 1 atom stereocenters. The molecule has 0 saturated heterocycles. The number of aryl methyl sites for hydroxylation is 2. The lowest BCUT2D eigenvalue weighted by atomic mass is 9.71. The van der Waals surface area contributed by atoms with E-state index < -0.39 is 21.6 Å². The van der Waals surface area contributed by atoms with E-state index in [9.17, 15) is 22.8 Å². The fraction of sp³-hybridized carbons (Fsp3) is 0.281. The Morgan fingerprint density at radius 3 is 2.20 bits per heavy atom. The molecule has 1 aliphatic heterocycles. The van der Waals surface area contributed by atoms with Crippen LogP contribution in [0, 0.1) is 19.3 Å². The van der Waals surface area contributed by atoms with E-state index in [1.807, 2.05) is 32.9 Å². The molecule has 41 heavy (non-hydrogen) atoms. The number of hydrogen-bond donors (Lipinski definition) is 1. The van der Waals surface area contributed by atoms with Gasteiger partial charge in [-0.2, -0.15) is 0 Å². The Morgan fingerprint density at radius 2 is 1.51 bits per heavy atom. The maximum absolute atomic E-state index is 14.0. The van der Waals surface area contributed by atoms with Crippen LogP contribution in [0.1, 0.15) is 49.4 Å². The van der Waals surface area contributed by atoms with Gasteiger partial charge < -0.3 is 0 Å². The van der Waals surface area contributed by atoms with E-state index >= 15 is 0 Å². The number of Topliss-reactive ketones (excluding diaryl/α,β-unsaturated/α-hetero) is 1. The predicted octanol–water partition coefficient (Wildman–Crippen LogP) is 4.87. The van der Waals surface area contributed by atoms with Gasteiger partial charge in [0.2, 0.25) is 0 Å². The molecule has 3 aromatic carbocycles. The molecule has 0 bridgehead atoms. The molecule has 1 aliphatic carbocycles. The number of allylic oxidation sites excluding steroid dienone is 2. The van der Waals surface area contributed by atoms with E-state index in [1.165, 1.54) is 15.4 Å². The topological polar surface area (TPSA) is 107 Å². The maximum Gasteiger partial charge on any atom is 0.274 e. The normalized spacial score (nSPS) is 18.2. The molecule has 0 amide bonds. The highest BCUT2D eigenvalue weighted by atomic mass is 32.2. The number of carbonyl (C=O) groups excluding carboxylic acids is 1. The average molecular weight is 570 g/mol. The lowest BCUT2D eigenvalue weighted by Crippen LogP contribution is -2.48. The molecular formula is C32H31N3O5S. The van der Waals surface area contributed by atoms with Gasteiger partial charge in [0.25, 0.3) is 21.1 Å². The average Bonchev–Trinajstić information content (AvgIpc) is 2.91. The van der Waals surface area contributed by atoms with Crippen LogP contribution in [0.3, 0.4) is 0 Å². The van der Waals surface area contributed by atoms with Gasteiger partial charge in [0.05, 0.1) is 22.2 Å². The van der Waals surface area contributed by atoms with Crippen LogP contribution < -0.4 is 15.8 Å². The van der Waals surface area contributed by atoms with Gasteiger partial charge in [-0.3, -0.25) is 19.1 Å². The Hall–Kier alpha value is -4.24. The van der Waals surface area contributed by atoms with Gasteiger partial charge in [-0.05, 0) is 72.7 Å². The Balaban J connectivity index is 1.59. The van der Waals surface area contributed by atoms with Crippen molar-refractivity contribution in [2.75, 3.05) is 4.72 Å². The summed E-state index contributed by atoms with van der Waals surface area (Å²) in [6.07, 6.45) is 0.880. The van der Waals surface area contributed by atoms with Gasteiger partial charge >= 0.3 is 0 Å². The van der Waals surface area contributed by atoms with Gasteiger partial charge in [0.15, 0.2) is 5.78 Å². The van der Waals surface area contributed by atoms with Crippen LogP contribution in [0.2, 0.25) is 0 Å². The third kappa shape index (κ3) is 4.54. The summed E-state index contributed by atoms with van der Waals surface area (Å²) in [5.74, 6) is -0.0947. The first kappa shape index (κ1) is 27.0. The Kier molecular flexibility index (Phi) is 6.19. The number of ketones is 1. The standard InChI is InChI=1S/C32H31N3O5S/c1-19-9-13-23(14-10-19)33-41(39,40)27-15-21(12-11-20(27)2)29-28-22(16-32(3,4)17-26(28)36)18-34-30(37)24-7-5-6-8-25(24)31(38)35(29)34/h5-15,29,33H,16-18H2,1-4H3. The highest BCUT2D eigenvalue weighted by Gasteiger charge is 2.42. The first-order valence-electron chi connectivity index (χ1n) is 13.6. The number of hydrogen-bond acceptors (Lipinski definition) is 5. The first-order chi connectivity index (χ1) is 19.4. The van der Waals surface area contributed by atoms with Crippen molar-refractivity contribution in [3.8, 4) is 0 Å². The van der Waals surface area contributed by atoms with Crippen molar-refractivity contribution in [3.05, 3.63) is 115 Å². The van der Waals surface area contributed by atoms with E-state index in [4.69, 9.17) is 0 Å². The number of sulfonamides is 1. The third-order valence-electron chi connectivity index (χ3n) is 8.08. The van der Waals surface area contributed by atoms with Crippen LogP contribution in [-0.2, 0) is 21.4 Å². The minimum Gasteiger partial charge on any atom is -0.294 e. The zero-order chi connectivity index (χ0) is 29.3. The van der Waals surface area contributed by atoms with Crippen LogP contribution in [0.5, 0.6) is 0 Å². The maximum atomic E-state index is 14.0. The summed E-state index contributed by atoms with van der Waals surface area (Å²) in [4.78, 5) is 41.5. The first-order valence-corrected chi connectivity index (χ1v) is 15.0. The SMILES string of the molecule is Cc1ccc(NS(=O)(=O)c2cc(C3C4=C(Cn5c(=O)c6ccccc6c(=O)n53)CC(C)(C)CC4=O)ccc2C)cc1. The molecule has 0 saturated carbocycles. The van der Waals surface area contributed by atoms with Gasteiger partial charge in [0.1, 0.15) is 6.04 Å². The van der Waals surface area contributed by atoms with E-state index in [-0.39, 0.29) is 33.6 Å². The van der Waals surface area contributed by atoms with Crippen molar-refractivity contribution in [2.24, 2.45) is 5.41 Å². The van der Waals surface area contributed by atoms with Gasteiger partial charge in [-0.25, -0.2) is 17.8 Å². The largest absolute Gasteiger partial charge is 0.294 e. The van der Waals surface area contributed by atoms with Crippen molar-refractivity contribution in [2.45, 2.75) is 58.0 Å². The molecule has 210 valence electrons. The number of aromatic nitrogens is 2. The quantitative estimate of drug-likeness (QED) is 0.377. The zero-order valence-corrected chi connectivity index (χ0v) is 24.2. The molecule has 9 heteroatoms. The molecule has 1 unspecified atom stereocenters. The third-order valence-corrected chi connectivity index (χ3v) is 9.61. The number of carbonyl (C=O) groups is 1. The highest BCUT2D eigenvalue weighted by Crippen LogP contribution is 2.44. The second kappa shape index (κ2) is 9.41. The molecule has 0 spiro atoms. The lowest BCUT2D eigenvalue weighted by molar-refractivity contribution is -0.118. The fourth-order valence-corrected chi connectivity index (χ4v) is 7.54. The van der Waals surface area contributed by atoms with Gasteiger partial charge in [-0.1, -0.05) is 55.8 Å². The minimum atomic E-state index is -4.02. The summed E-state index contributed by atoms with van der Waals surface area (Å²) in [5, 5.41) is 0.569. The Labute approximate surface area is 238 Å². The summed E-state index contributed by atoms with van der Waals surface area (Å²) in [6, 6.07) is 17.7. The van der Waals surface area contributed by atoms with Crippen molar-refractivity contribution in [1.29, 1.82) is 0 Å². The van der Waals surface area contributed by atoms with Crippen LogP contribution in [-0.4, -0.2) is 23.6 Å². The van der Waals surface area contributed by atoms with E-state index in [0.29, 0.717) is 40.6 Å². The lowest BCUT2D eigenvalue weighted by Gasteiger charge is -2.40. The van der Waals surface area contributed by atoms with Crippen molar-refractivity contribution in [3.63, 3.8) is 0 Å². The second-order valence-corrected chi connectivity index (χ2v) is 13.6. The van der Waals surface area contributed by atoms with Gasteiger partial charge in [0, 0.05) is 17.7 Å². The van der Waals surface area contributed by atoms with Gasteiger partial charge in [-0.15, -0.1) is 0 Å². The number of fused-ring (bicyclic) bond motifs is 2. The smallest absolute Gasteiger partial charge is 0.274 e. The Bertz CT molecular complexity index is 2020. The monoisotopic (exact) mass is 569 g/mol. The molecule has 2 heterocycles. The Morgan fingerprint density at radius 1 is 0.854 bits per heavy atom. The molecule has 0 radical (unpaired) electrons. The molecule has 1 aromatic heterocycles. The number of nitrogens with one attached hydrogen (secondary N) is 1. The van der Waals surface area contributed by atoms with Crippen molar-refractivity contribution < 1.29 is 13.2 Å². The van der Waals surface area contributed by atoms with Crippen molar-refractivity contribution >= 4 is 32.3 Å². The molecule has 1 N–H and O–H groups in total. The molecule has 8 nitrogen and oxygen atoms in total. The number of benzene rings is 3. The van der Waals surface area contributed by atoms with E-state index in [0.717, 1.165) is 11.1 Å². The summed E-state index contributed by atoms with van der Waals surface area (Å²) in [6.45, 7) is 7.78. The van der Waals surface area contributed by atoms with Crippen molar-refractivity contribution in [1.82, 2.24) is 9.36 Å². The summed E-state index contributed by atoms with van der Waals surface area (Å²) < 4.78 is 32.6. The van der Waals surface area contributed by atoms with E-state index in [1.54, 1.807) is 55.5 Å². The molecule has 4 aromatic rings. The number of anilines is 1. The van der Waals surface area contributed by atoms with E-state index in [2.05, 4.69) is 4.72 Å². The number of nitrogens with zero attached hydrogens (tertiary/aromatic N) is 2. The highest BCUT2D eigenvalue weighted by molar-refractivity contribution is 7.92. The number of rotatable bonds is 4. The predicted molar refractivity (Wildman–Crippen MR) is 159 cm³/mol. The van der Waals surface area contributed by atoms with Crippen LogP contribution in [0.25, 0.3) is 10.8 Å². The van der Waals surface area contributed by atoms with Crippen LogP contribution in [0.15, 0.2) is 92.4 Å². The summed E-state index contributed by atoms with van der Waals surface area (Å²) in [5.41, 5.74) is 2.63. The molecule has 2 aliphatic rings. The summed E-state index contributed by atoms with van der Waals surface area (Å²) >= 11 is 0. The fourth-order valence-electron chi connectivity index (χ4n) is 6.20. The molecule has 6 rings (SSSR count). The molecular weight excluding hydrogens is 538 g/mol.